The summed E-state index contributed by atoms with van der Waals surface area (Å²) in [6, 6.07) is 9.62. The summed E-state index contributed by atoms with van der Waals surface area (Å²) in [5, 5.41) is 10.6. The summed E-state index contributed by atoms with van der Waals surface area (Å²) in [6.07, 6.45) is 1.56. The fourth-order valence-corrected chi connectivity index (χ4v) is 3.31. The van der Waals surface area contributed by atoms with Gasteiger partial charge in [-0.2, -0.15) is 5.10 Å². The van der Waals surface area contributed by atoms with Gasteiger partial charge >= 0.3 is 6.03 Å². The molecule has 0 spiro atoms. The maximum Gasteiger partial charge on any atom is 0.323 e. The van der Waals surface area contributed by atoms with Crippen molar-refractivity contribution in [1.29, 1.82) is 0 Å². The van der Waals surface area contributed by atoms with Crippen molar-refractivity contribution in [3.8, 4) is 5.69 Å². The zero-order valence-electron chi connectivity index (χ0n) is 15.5. The number of carbonyl (C=O) groups is 2. The molecular formula is C19H25N5O2. The first-order chi connectivity index (χ1) is 12.5. The Bertz CT molecular complexity index is 800. The number of anilines is 1. The van der Waals surface area contributed by atoms with Gasteiger partial charge in [0.15, 0.2) is 0 Å². The summed E-state index contributed by atoms with van der Waals surface area (Å²) in [6.45, 7) is 6.66. The quantitative estimate of drug-likeness (QED) is 0.884. The molecule has 0 aliphatic carbocycles. The number of nitrogens with zero attached hydrogens (tertiary/aromatic N) is 3. The number of benzene rings is 1. The third kappa shape index (κ3) is 3.71. The van der Waals surface area contributed by atoms with Gasteiger partial charge in [0.05, 0.1) is 11.4 Å². The van der Waals surface area contributed by atoms with Crippen LogP contribution in [0.3, 0.4) is 0 Å². The molecule has 0 saturated carbocycles. The van der Waals surface area contributed by atoms with Gasteiger partial charge in [0, 0.05) is 31.6 Å². The van der Waals surface area contributed by atoms with Crippen LogP contribution in [0, 0.1) is 6.92 Å². The van der Waals surface area contributed by atoms with E-state index in [4.69, 9.17) is 0 Å². The lowest BCUT2D eigenvalue weighted by Gasteiger charge is -2.18. The lowest BCUT2D eigenvalue weighted by atomic mass is 10.2. The number of hydrogen-bond donors (Lipinski definition) is 2. The van der Waals surface area contributed by atoms with Crippen LogP contribution in [0.1, 0.15) is 31.5 Å². The number of para-hydroxylation sites is 1. The molecule has 2 heterocycles. The van der Waals surface area contributed by atoms with Crippen molar-refractivity contribution < 1.29 is 9.59 Å². The normalized spacial score (nSPS) is 16.6. The van der Waals surface area contributed by atoms with E-state index in [1.54, 1.807) is 9.58 Å². The number of amides is 3. The summed E-state index contributed by atoms with van der Waals surface area (Å²) in [4.78, 5) is 25.7. The highest BCUT2D eigenvalue weighted by Gasteiger charge is 2.28. The van der Waals surface area contributed by atoms with Gasteiger partial charge in [0.2, 0.25) is 5.91 Å². The molecule has 2 aromatic rings. The number of likely N-dealkylation sites (tertiary alicyclic amines) is 1. The van der Waals surface area contributed by atoms with Crippen molar-refractivity contribution in [2.24, 2.45) is 0 Å². The Hall–Kier alpha value is -2.83. The number of urea groups is 1. The molecule has 1 aliphatic heterocycles. The molecule has 3 amide bonds. The number of aryl methyl sites for hydroxylation is 1. The second-order valence-corrected chi connectivity index (χ2v) is 6.58. The first kappa shape index (κ1) is 18.0. The Morgan fingerprint density at radius 2 is 2.00 bits per heavy atom. The van der Waals surface area contributed by atoms with Crippen molar-refractivity contribution in [2.75, 3.05) is 18.4 Å². The first-order valence-corrected chi connectivity index (χ1v) is 8.96. The van der Waals surface area contributed by atoms with Crippen molar-refractivity contribution in [1.82, 2.24) is 20.0 Å². The third-order valence-electron chi connectivity index (χ3n) is 4.66. The number of hydrogen-bond acceptors (Lipinski definition) is 3. The largest absolute Gasteiger partial charge is 0.352 e. The molecule has 7 heteroatoms. The molecule has 7 nitrogen and oxygen atoms in total. The monoisotopic (exact) mass is 355 g/mol. The smallest absolute Gasteiger partial charge is 0.323 e. The molecule has 138 valence electrons. The lowest BCUT2D eigenvalue weighted by molar-refractivity contribution is -0.119. The highest BCUT2D eigenvalue weighted by molar-refractivity contribution is 5.90. The van der Waals surface area contributed by atoms with Crippen LogP contribution in [0.25, 0.3) is 5.69 Å². The molecule has 1 aromatic carbocycles. The van der Waals surface area contributed by atoms with Gasteiger partial charge in [0.25, 0.3) is 0 Å². The fraction of sp³-hybridized carbons (Fsp3) is 0.421. The molecule has 1 atom stereocenters. The molecule has 1 saturated heterocycles. The molecule has 1 aromatic heterocycles. The van der Waals surface area contributed by atoms with E-state index in [0.717, 1.165) is 29.8 Å². The van der Waals surface area contributed by atoms with E-state index in [0.29, 0.717) is 18.9 Å². The zero-order chi connectivity index (χ0) is 18.7. The number of aromatic nitrogens is 2. The standard InChI is InChI=1S/C19H25N5O2/c1-4-17-13(2)18(24(22-17)16-8-6-5-7-9-16)21-19(26)23-11-10-15(12-23)20-14(3)25/h5-9,15H,4,10-12H2,1-3H3,(H,20,25)(H,21,26)/t15-/m0/s1. The van der Waals surface area contributed by atoms with Gasteiger partial charge in [-0.1, -0.05) is 25.1 Å². The minimum absolute atomic E-state index is 0.0181. The molecule has 0 bridgehead atoms. The van der Waals surface area contributed by atoms with Crippen LogP contribution in [-0.2, 0) is 11.2 Å². The van der Waals surface area contributed by atoms with Crippen LogP contribution in [0.2, 0.25) is 0 Å². The van der Waals surface area contributed by atoms with Crippen LogP contribution >= 0.6 is 0 Å². The SMILES string of the molecule is CCc1nn(-c2ccccc2)c(NC(=O)N2CC[C@H](NC(C)=O)C2)c1C. The van der Waals surface area contributed by atoms with Crippen molar-refractivity contribution in [3.05, 3.63) is 41.6 Å². The topological polar surface area (TPSA) is 79.3 Å². The molecule has 1 fully saturated rings. The van der Waals surface area contributed by atoms with Crippen LogP contribution in [0.15, 0.2) is 30.3 Å². The summed E-state index contributed by atoms with van der Waals surface area (Å²) < 4.78 is 1.79. The first-order valence-electron chi connectivity index (χ1n) is 8.96. The van der Waals surface area contributed by atoms with Crippen molar-refractivity contribution in [2.45, 2.75) is 39.7 Å². The second kappa shape index (κ2) is 7.59. The Kier molecular flexibility index (Phi) is 5.25. The Labute approximate surface area is 153 Å². The average Bonchev–Trinajstić information content (AvgIpc) is 3.20. The van der Waals surface area contributed by atoms with Gasteiger partial charge < -0.3 is 10.2 Å². The Morgan fingerprint density at radius 1 is 1.27 bits per heavy atom. The lowest BCUT2D eigenvalue weighted by Crippen LogP contribution is -2.39. The van der Waals surface area contributed by atoms with Crippen LogP contribution in [0.4, 0.5) is 10.6 Å². The number of nitrogens with one attached hydrogen (secondary N) is 2. The molecule has 3 rings (SSSR count). The minimum Gasteiger partial charge on any atom is -0.352 e. The van der Waals surface area contributed by atoms with Gasteiger partial charge in [-0.3, -0.25) is 10.1 Å². The van der Waals surface area contributed by atoms with Gasteiger partial charge in [-0.25, -0.2) is 9.48 Å². The average molecular weight is 355 g/mol. The molecule has 1 aliphatic rings. The zero-order valence-corrected chi connectivity index (χ0v) is 15.5. The Morgan fingerprint density at radius 3 is 2.65 bits per heavy atom. The van der Waals surface area contributed by atoms with Gasteiger partial charge in [-0.15, -0.1) is 0 Å². The molecular weight excluding hydrogens is 330 g/mol. The number of rotatable bonds is 4. The predicted molar refractivity (Wildman–Crippen MR) is 100 cm³/mol. The third-order valence-corrected chi connectivity index (χ3v) is 4.66. The summed E-state index contributed by atoms with van der Waals surface area (Å²) in [5.41, 5.74) is 2.84. The maximum atomic E-state index is 12.7. The van der Waals surface area contributed by atoms with E-state index in [1.807, 2.05) is 37.3 Å². The van der Waals surface area contributed by atoms with E-state index in [9.17, 15) is 9.59 Å². The van der Waals surface area contributed by atoms with Crippen molar-refractivity contribution in [3.63, 3.8) is 0 Å². The molecule has 26 heavy (non-hydrogen) atoms. The van der Waals surface area contributed by atoms with Crippen molar-refractivity contribution >= 4 is 17.8 Å². The fourth-order valence-electron chi connectivity index (χ4n) is 3.31. The van der Waals surface area contributed by atoms with E-state index < -0.39 is 0 Å². The van der Waals surface area contributed by atoms with E-state index in [1.165, 1.54) is 6.92 Å². The van der Waals surface area contributed by atoms with Gasteiger partial charge in [0.1, 0.15) is 5.82 Å². The molecule has 2 N–H and O–H groups in total. The number of carbonyl (C=O) groups excluding carboxylic acids is 2. The summed E-state index contributed by atoms with van der Waals surface area (Å²) in [7, 11) is 0. The van der Waals surface area contributed by atoms with E-state index >= 15 is 0 Å². The van der Waals surface area contributed by atoms with E-state index in [-0.39, 0.29) is 18.0 Å². The van der Waals surface area contributed by atoms with Crippen LogP contribution < -0.4 is 10.6 Å². The molecule has 0 unspecified atom stereocenters. The Balaban J connectivity index is 1.80. The predicted octanol–water partition coefficient (Wildman–Crippen LogP) is 2.49. The molecule has 0 radical (unpaired) electrons. The highest BCUT2D eigenvalue weighted by Crippen LogP contribution is 2.24. The second-order valence-electron chi connectivity index (χ2n) is 6.58. The van der Waals surface area contributed by atoms with Gasteiger partial charge in [-0.05, 0) is 31.9 Å². The maximum absolute atomic E-state index is 12.7. The highest BCUT2D eigenvalue weighted by atomic mass is 16.2. The van der Waals surface area contributed by atoms with E-state index in [2.05, 4.69) is 22.7 Å². The van der Waals surface area contributed by atoms with Crippen LogP contribution in [0.5, 0.6) is 0 Å². The van der Waals surface area contributed by atoms with Crippen LogP contribution in [-0.4, -0.2) is 45.8 Å². The summed E-state index contributed by atoms with van der Waals surface area (Å²) in [5.74, 6) is 0.629. The summed E-state index contributed by atoms with van der Waals surface area (Å²) >= 11 is 0. The minimum atomic E-state index is -0.166.